The Morgan fingerprint density at radius 2 is 1.72 bits per heavy atom. The minimum atomic E-state index is -2.50. The molecule has 4 heteroatoms. The van der Waals surface area contributed by atoms with Crippen LogP contribution in [0.15, 0.2) is 24.3 Å². The minimum Gasteiger partial charge on any atom is -0.313 e. The van der Waals surface area contributed by atoms with Gasteiger partial charge in [-0.25, -0.2) is 13.2 Å². The molecule has 1 atom stereocenters. The molecule has 1 fully saturated rings. The second-order valence-corrected chi connectivity index (χ2v) is 5.01. The van der Waals surface area contributed by atoms with Crippen LogP contribution in [0.2, 0.25) is 0 Å². The van der Waals surface area contributed by atoms with E-state index in [2.05, 4.69) is 5.32 Å². The third kappa shape index (κ3) is 3.05. The lowest BCUT2D eigenvalue weighted by Gasteiger charge is -2.33. The van der Waals surface area contributed by atoms with Crippen molar-refractivity contribution in [2.24, 2.45) is 5.92 Å². The van der Waals surface area contributed by atoms with Crippen LogP contribution in [0.1, 0.15) is 37.3 Å². The van der Waals surface area contributed by atoms with E-state index in [-0.39, 0.29) is 30.6 Å². The SMILES string of the molecule is CNC(c1ccc(F)cc1)C1CCC(F)(F)CC1. The topological polar surface area (TPSA) is 12.0 Å². The van der Waals surface area contributed by atoms with Crippen molar-refractivity contribution in [3.8, 4) is 0 Å². The number of halogens is 3. The van der Waals surface area contributed by atoms with Crippen molar-refractivity contribution in [3.05, 3.63) is 35.6 Å². The van der Waals surface area contributed by atoms with Gasteiger partial charge in [0.05, 0.1) is 0 Å². The highest BCUT2D eigenvalue weighted by atomic mass is 19.3. The van der Waals surface area contributed by atoms with Crippen molar-refractivity contribution in [1.82, 2.24) is 5.32 Å². The molecule has 1 aromatic rings. The molecule has 0 bridgehead atoms. The molecule has 0 saturated heterocycles. The first-order valence-electron chi connectivity index (χ1n) is 6.32. The van der Waals surface area contributed by atoms with E-state index in [1.54, 1.807) is 12.1 Å². The lowest BCUT2D eigenvalue weighted by atomic mass is 9.79. The van der Waals surface area contributed by atoms with E-state index in [4.69, 9.17) is 0 Å². The van der Waals surface area contributed by atoms with Crippen molar-refractivity contribution in [2.75, 3.05) is 7.05 Å². The first-order valence-corrected chi connectivity index (χ1v) is 6.32. The summed E-state index contributed by atoms with van der Waals surface area (Å²) in [4.78, 5) is 0. The lowest BCUT2D eigenvalue weighted by Crippen LogP contribution is -2.32. The van der Waals surface area contributed by atoms with Crippen molar-refractivity contribution < 1.29 is 13.2 Å². The van der Waals surface area contributed by atoms with Crippen LogP contribution in [-0.4, -0.2) is 13.0 Å². The summed E-state index contributed by atoms with van der Waals surface area (Å²) in [6.07, 6.45) is 0.930. The highest BCUT2D eigenvalue weighted by molar-refractivity contribution is 5.20. The van der Waals surface area contributed by atoms with Gasteiger partial charge in [-0.3, -0.25) is 0 Å². The molecule has 0 spiro atoms. The molecule has 1 unspecified atom stereocenters. The summed E-state index contributed by atoms with van der Waals surface area (Å²) >= 11 is 0. The third-order valence-corrected chi connectivity index (χ3v) is 3.77. The zero-order valence-electron chi connectivity index (χ0n) is 10.4. The van der Waals surface area contributed by atoms with E-state index < -0.39 is 5.92 Å². The Hall–Kier alpha value is -1.03. The predicted octanol–water partition coefficient (Wildman–Crippen LogP) is 3.91. The van der Waals surface area contributed by atoms with Gasteiger partial charge in [0.15, 0.2) is 0 Å². The molecular formula is C14H18F3N. The first-order chi connectivity index (χ1) is 8.52. The fraction of sp³-hybridized carbons (Fsp3) is 0.571. The molecule has 100 valence electrons. The summed E-state index contributed by atoms with van der Waals surface area (Å²) in [5, 5.41) is 3.17. The third-order valence-electron chi connectivity index (χ3n) is 3.77. The quantitative estimate of drug-likeness (QED) is 0.865. The molecule has 1 nitrogen and oxygen atoms in total. The van der Waals surface area contributed by atoms with Gasteiger partial charge in [-0.2, -0.15) is 0 Å². The zero-order valence-corrected chi connectivity index (χ0v) is 10.4. The summed E-state index contributed by atoms with van der Waals surface area (Å²) in [5.41, 5.74) is 0.967. The summed E-state index contributed by atoms with van der Waals surface area (Å²) in [6.45, 7) is 0. The van der Waals surface area contributed by atoms with Crippen LogP contribution < -0.4 is 5.32 Å². The van der Waals surface area contributed by atoms with E-state index in [1.807, 2.05) is 7.05 Å². The van der Waals surface area contributed by atoms with Gasteiger partial charge < -0.3 is 5.32 Å². The molecule has 0 heterocycles. The van der Waals surface area contributed by atoms with Gasteiger partial charge in [0.1, 0.15) is 5.82 Å². The molecular weight excluding hydrogens is 239 g/mol. The van der Waals surface area contributed by atoms with Crippen LogP contribution in [0.25, 0.3) is 0 Å². The van der Waals surface area contributed by atoms with Crippen molar-refractivity contribution in [2.45, 2.75) is 37.6 Å². The number of alkyl halides is 2. The van der Waals surface area contributed by atoms with E-state index >= 15 is 0 Å². The second-order valence-electron chi connectivity index (χ2n) is 5.01. The normalized spacial score (nSPS) is 21.8. The van der Waals surface area contributed by atoms with E-state index in [0.29, 0.717) is 12.8 Å². The van der Waals surface area contributed by atoms with Gasteiger partial charge in [-0.15, -0.1) is 0 Å². The molecule has 1 aromatic carbocycles. The Kier molecular flexibility index (Phi) is 3.95. The average molecular weight is 257 g/mol. The minimum absolute atomic E-state index is 0.0294. The van der Waals surface area contributed by atoms with Crippen LogP contribution in [0.3, 0.4) is 0 Å². The Morgan fingerprint density at radius 3 is 2.22 bits per heavy atom. The number of benzene rings is 1. The van der Waals surface area contributed by atoms with Gasteiger partial charge in [-0.05, 0) is 43.5 Å². The largest absolute Gasteiger partial charge is 0.313 e. The molecule has 1 saturated carbocycles. The Morgan fingerprint density at radius 1 is 1.17 bits per heavy atom. The van der Waals surface area contributed by atoms with E-state index in [1.165, 1.54) is 12.1 Å². The van der Waals surface area contributed by atoms with E-state index in [0.717, 1.165) is 5.56 Å². The Bertz CT molecular complexity index is 379. The Balaban J connectivity index is 2.08. The van der Waals surface area contributed by atoms with Gasteiger partial charge >= 0.3 is 0 Å². The second kappa shape index (κ2) is 5.31. The number of hydrogen-bond donors (Lipinski definition) is 1. The molecule has 1 aliphatic carbocycles. The van der Waals surface area contributed by atoms with Crippen LogP contribution >= 0.6 is 0 Å². The molecule has 0 aliphatic heterocycles. The van der Waals surface area contributed by atoms with Crippen molar-refractivity contribution in [3.63, 3.8) is 0 Å². The van der Waals surface area contributed by atoms with Gasteiger partial charge in [-0.1, -0.05) is 12.1 Å². The first kappa shape index (κ1) is 13.4. The standard InChI is InChI=1S/C14H18F3N/c1-18-13(10-2-4-12(15)5-3-10)11-6-8-14(16,17)9-7-11/h2-5,11,13,18H,6-9H2,1H3. The van der Waals surface area contributed by atoms with Crippen molar-refractivity contribution >= 4 is 0 Å². The number of hydrogen-bond acceptors (Lipinski definition) is 1. The maximum atomic E-state index is 13.1. The molecule has 0 aromatic heterocycles. The molecule has 0 radical (unpaired) electrons. The highest BCUT2D eigenvalue weighted by Gasteiger charge is 2.37. The zero-order chi connectivity index (χ0) is 13.2. The van der Waals surface area contributed by atoms with Gasteiger partial charge in [0.25, 0.3) is 0 Å². The summed E-state index contributed by atoms with van der Waals surface area (Å²) in [6, 6.07) is 6.31. The summed E-state index contributed by atoms with van der Waals surface area (Å²) in [7, 11) is 1.82. The van der Waals surface area contributed by atoms with Crippen LogP contribution in [0.5, 0.6) is 0 Å². The number of rotatable bonds is 3. The number of nitrogens with one attached hydrogen (secondary N) is 1. The lowest BCUT2D eigenvalue weighted by molar-refractivity contribution is -0.0495. The highest BCUT2D eigenvalue weighted by Crippen LogP contribution is 2.41. The monoisotopic (exact) mass is 257 g/mol. The van der Waals surface area contributed by atoms with Gasteiger partial charge in [0, 0.05) is 18.9 Å². The molecule has 1 N–H and O–H groups in total. The summed E-state index contributed by atoms with van der Waals surface area (Å²) in [5.74, 6) is -2.58. The van der Waals surface area contributed by atoms with Crippen LogP contribution in [-0.2, 0) is 0 Å². The maximum Gasteiger partial charge on any atom is 0.248 e. The Labute approximate surface area is 105 Å². The fourth-order valence-electron chi connectivity index (χ4n) is 2.74. The van der Waals surface area contributed by atoms with Crippen LogP contribution in [0.4, 0.5) is 13.2 Å². The predicted molar refractivity (Wildman–Crippen MR) is 65.1 cm³/mol. The van der Waals surface area contributed by atoms with Crippen molar-refractivity contribution in [1.29, 1.82) is 0 Å². The molecule has 1 aliphatic rings. The summed E-state index contributed by atoms with van der Waals surface area (Å²) < 4.78 is 39.1. The fourth-order valence-corrected chi connectivity index (χ4v) is 2.74. The van der Waals surface area contributed by atoms with E-state index in [9.17, 15) is 13.2 Å². The maximum absolute atomic E-state index is 13.1. The molecule has 2 rings (SSSR count). The van der Waals surface area contributed by atoms with Gasteiger partial charge in [0.2, 0.25) is 5.92 Å². The molecule has 0 amide bonds. The van der Waals surface area contributed by atoms with Crippen LogP contribution in [0, 0.1) is 11.7 Å². The average Bonchev–Trinajstić information content (AvgIpc) is 2.34. The smallest absolute Gasteiger partial charge is 0.248 e. The molecule has 18 heavy (non-hydrogen) atoms.